The number of aliphatic carboxylic acids is 1. The summed E-state index contributed by atoms with van der Waals surface area (Å²) in [7, 11) is 0. The van der Waals surface area contributed by atoms with Crippen LogP contribution in [0.2, 0.25) is 5.02 Å². The Kier molecular flexibility index (Phi) is 4.09. The first kappa shape index (κ1) is 12.0. The summed E-state index contributed by atoms with van der Waals surface area (Å²) in [5.74, 6) is -1.38. The van der Waals surface area contributed by atoms with Gasteiger partial charge in [0.25, 0.3) is 0 Å². The molecule has 1 unspecified atom stereocenters. The number of hydrogen-bond acceptors (Lipinski definition) is 1. The van der Waals surface area contributed by atoms with Gasteiger partial charge >= 0.3 is 5.97 Å². The highest BCUT2D eigenvalue weighted by Crippen LogP contribution is 2.23. The van der Waals surface area contributed by atoms with Crippen molar-refractivity contribution in [3.8, 4) is 0 Å². The zero-order valence-electron chi connectivity index (χ0n) is 8.34. The van der Waals surface area contributed by atoms with Crippen LogP contribution >= 0.6 is 11.6 Å². The third-order valence-corrected chi connectivity index (χ3v) is 2.49. The molecular weight excluding hydrogens is 219 g/mol. The second kappa shape index (κ2) is 5.12. The maximum absolute atomic E-state index is 13.3. The Balaban J connectivity index is 2.76. The highest BCUT2D eigenvalue weighted by molar-refractivity contribution is 6.31. The van der Waals surface area contributed by atoms with Crippen molar-refractivity contribution in [1.29, 1.82) is 0 Å². The van der Waals surface area contributed by atoms with Crippen molar-refractivity contribution in [1.82, 2.24) is 0 Å². The summed E-state index contributed by atoms with van der Waals surface area (Å²) >= 11 is 5.82. The van der Waals surface area contributed by atoms with Crippen LogP contribution in [0.3, 0.4) is 0 Å². The number of carboxylic acids is 1. The predicted molar refractivity (Wildman–Crippen MR) is 56.5 cm³/mol. The minimum atomic E-state index is -0.880. The van der Waals surface area contributed by atoms with Crippen LogP contribution in [0.15, 0.2) is 18.2 Å². The smallest absolute Gasteiger partial charge is 0.303 e. The van der Waals surface area contributed by atoms with E-state index in [-0.39, 0.29) is 18.2 Å². The number of benzene rings is 1. The van der Waals surface area contributed by atoms with Crippen molar-refractivity contribution in [2.24, 2.45) is 5.92 Å². The average Bonchev–Trinajstić information content (AvgIpc) is 2.10. The normalized spacial score (nSPS) is 12.5. The molecule has 0 aliphatic rings. The molecule has 0 aliphatic carbocycles. The lowest BCUT2D eigenvalue weighted by Gasteiger charge is -2.10. The quantitative estimate of drug-likeness (QED) is 0.863. The van der Waals surface area contributed by atoms with Gasteiger partial charge in [-0.1, -0.05) is 24.6 Å². The van der Waals surface area contributed by atoms with Crippen molar-refractivity contribution in [2.75, 3.05) is 0 Å². The van der Waals surface area contributed by atoms with Crippen molar-refractivity contribution in [3.63, 3.8) is 0 Å². The van der Waals surface area contributed by atoms with E-state index in [9.17, 15) is 9.18 Å². The van der Waals surface area contributed by atoms with Gasteiger partial charge in [0.15, 0.2) is 0 Å². The van der Waals surface area contributed by atoms with Gasteiger partial charge < -0.3 is 5.11 Å². The fourth-order valence-electron chi connectivity index (χ4n) is 1.45. The Morgan fingerprint density at radius 3 is 2.80 bits per heavy atom. The van der Waals surface area contributed by atoms with Crippen LogP contribution in [0.1, 0.15) is 18.9 Å². The van der Waals surface area contributed by atoms with Gasteiger partial charge in [0.05, 0.1) is 0 Å². The molecule has 1 aromatic carbocycles. The molecule has 0 heterocycles. The van der Waals surface area contributed by atoms with Crippen LogP contribution in [-0.4, -0.2) is 11.1 Å². The second-order valence-corrected chi connectivity index (χ2v) is 4.01. The summed E-state index contributed by atoms with van der Waals surface area (Å²) in [5, 5.41) is 8.93. The van der Waals surface area contributed by atoms with Crippen molar-refractivity contribution < 1.29 is 14.3 Å². The van der Waals surface area contributed by atoms with Gasteiger partial charge in [-0.05, 0) is 24.5 Å². The molecule has 0 fully saturated rings. The largest absolute Gasteiger partial charge is 0.481 e. The van der Waals surface area contributed by atoms with E-state index in [1.165, 1.54) is 12.1 Å². The lowest BCUT2D eigenvalue weighted by Crippen LogP contribution is -2.08. The summed E-state index contributed by atoms with van der Waals surface area (Å²) in [6.45, 7) is 1.76. The first-order chi connectivity index (χ1) is 7.00. The molecule has 1 rings (SSSR count). The molecule has 2 nitrogen and oxygen atoms in total. The molecule has 0 spiro atoms. The van der Waals surface area contributed by atoms with Gasteiger partial charge in [0.2, 0.25) is 0 Å². The highest BCUT2D eigenvalue weighted by Gasteiger charge is 2.13. The van der Waals surface area contributed by atoms with Crippen molar-refractivity contribution >= 4 is 17.6 Å². The minimum Gasteiger partial charge on any atom is -0.481 e. The molecule has 1 atom stereocenters. The van der Waals surface area contributed by atoms with Crippen LogP contribution in [-0.2, 0) is 11.2 Å². The molecular formula is C11H12ClFO2. The molecule has 0 aliphatic heterocycles. The molecule has 0 radical (unpaired) electrons. The molecule has 0 amide bonds. The summed E-state index contributed by atoms with van der Waals surface area (Å²) in [6.07, 6.45) is 0.364. The molecule has 4 heteroatoms. The maximum Gasteiger partial charge on any atom is 0.303 e. The first-order valence-corrected chi connectivity index (χ1v) is 5.03. The number of hydrogen-bond donors (Lipinski definition) is 1. The molecule has 0 saturated carbocycles. The minimum absolute atomic E-state index is 0.0185. The van der Waals surface area contributed by atoms with Crippen molar-refractivity contribution in [2.45, 2.75) is 19.8 Å². The fourth-order valence-corrected chi connectivity index (χ4v) is 1.69. The van der Waals surface area contributed by atoms with Crippen LogP contribution in [0.5, 0.6) is 0 Å². The van der Waals surface area contributed by atoms with Gasteiger partial charge in [-0.15, -0.1) is 0 Å². The summed E-state index contributed by atoms with van der Waals surface area (Å²) in [5.41, 5.74) is 0.396. The molecule has 1 N–H and O–H groups in total. The van der Waals surface area contributed by atoms with E-state index in [2.05, 4.69) is 0 Å². The fraction of sp³-hybridized carbons (Fsp3) is 0.364. The topological polar surface area (TPSA) is 37.3 Å². The number of halogens is 2. The average molecular weight is 231 g/mol. The molecule has 0 bridgehead atoms. The second-order valence-electron chi connectivity index (χ2n) is 3.61. The third kappa shape index (κ3) is 3.51. The van der Waals surface area contributed by atoms with Crippen LogP contribution in [0.4, 0.5) is 4.39 Å². The molecule has 15 heavy (non-hydrogen) atoms. The standard InChI is InChI=1S/C11H12ClFO2/c1-7(6-11(14)15)5-8-9(12)3-2-4-10(8)13/h2-4,7H,5-6H2,1H3,(H,14,15). The van der Waals surface area contributed by atoms with E-state index in [1.54, 1.807) is 13.0 Å². The molecule has 0 saturated heterocycles. The summed E-state index contributed by atoms with van der Waals surface area (Å²) < 4.78 is 13.3. The summed E-state index contributed by atoms with van der Waals surface area (Å²) in [6, 6.07) is 4.46. The number of carbonyl (C=O) groups is 1. The van der Waals surface area contributed by atoms with Gasteiger partial charge in [-0.3, -0.25) is 4.79 Å². The van der Waals surface area contributed by atoms with Crippen molar-refractivity contribution in [3.05, 3.63) is 34.6 Å². The molecule has 0 aromatic heterocycles. The number of carboxylic acid groups (broad SMARTS) is 1. The molecule has 82 valence electrons. The van der Waals surface area contributed by atoms with Gasteiger partial charge in [0, 0.05) is 17.0 Å². The Bertz CT molecular complexity index is 345. The molecule has 1 aromatic rings. The maximum atomic E-state index is 13.3. The van der Waals surface area contributed by atoms with E-state index in [0.29, 0.717) is 17.0 Å². The first-order valence-electron chi connectivity index (χ1n) is 4.65. The summed E-state index contributed by atoms with van der Waals surface area (Å²) in [4.78, 5) is 10.4. The van der Waals surface area contributed by atoms with Gasteiger partial charge in [0.1, 0.15) is 5.82 Å². The van der Waals surface area contributed by atoms with E-state index in [0.717, 1.165) is 0 Å². The van der Waals surface area contributed by atoms with Gasteiger partial charge in [-0.2, -0.15) is 0 Å². The van der Waals surface area contributed by atoms with E-state index >= 15 is 0 Å². The highest BCUT2D eigenvalue weighted by atomic mass is 35.5. The number of rotatable bonds is 4. The van der Waals surface area contributed by atoms with E-state index in [1.807, 2.05) is 0 Å². The Labute approximate surface area is 92.7 Å². The zero-order valence-corrected chi connectivity index (χ0v) is 9.09. The SMILES string of the molecule is CC(CC(=O)O)Cc1c(F)cccc1Cl. The zero-order chi connectivity index (χ0) is 11.4. The Hall–Kier alpha value is -1.09. The van der Waals surface area contributed by atoms with E-state index < -0.39 is 5.97 Å². The Morgan fingerprint density at radius 1 is 1.60 bits per heavy atom. The lowest BCUT2D eigenvalue weighted by atomic mass is 9.98. The Morgan fingerprint density at radius 2 is 2.27 bits per heavy atom. The lowest BCUT2D eigenvalue weighted by molar-refractivity contribution is -0.137. The third-order valence-electron chi connectivity index (χ3n) is 2.14. The van der Waals surface area contributed by atoms with Crippen LogP contribution < -0.4 is 0 Å². The predicted octanol–water partition coefficient (Wildman–Crippen LogP) is 3.13. The van der Waals surface area contributed by atoms with Gasteiger partial charge in [-0.25, -0.2) is 4.39 Å². The van der Waals surface area contributed by atoms with E-state index in [4.69, 9.17) is 16.7 Å². The van der Waals surface area contributed by atoms with Crippen LogP contribution in [0.25, 0.3) is 0 Å². The monoisotopic (exact) mass is 230 g/mol. The van der Waals surface area contributed by atoms with Crippen LogP contribution in [0, 0.1) is 11.7 Å².